The highest BCUT2D eigenvalue weighted by atomic mass is 32.2. The molecule has 0 bridgehead atoms. The first kappa shape index (κ1) is 25.2. The first-order valence-electron chi connectivity index (χ1n) is 10.4. The standard InChI is InChI=1S/C24H40O2SSi/c1-17(2)22(25)21(27-20-14-12-11-13-15-20)16-19(5)23(18(3)4)26-28(9,10)24(6,7)8/h11-19,23H,1-10H3/b21-16-/t19-,23+/m0/s1. The topological polar surface area (TPSA) is 26.3 Å². The van der Waals surface area contributed by atoms with Crippen molar-refractivity contribution in [3.05, 3.63) is 41.3 Å². The van der Waals surface area contributed by atoms with Gasteiger partial charge in [-0.3, -0.25) is 4.79 Å². The number of Topliss-reactive ketones (excluding diaryl/α,β-unsaturated/α-hetero) is 1. The van der Waals surface area contributed by atoms with Gasteiger partial charge in [0.25, 0.3) is 0 Å². The lowest BCUT2D eigenvalue weighted by Crippen LogP contribution is -2.46. The molecule has 1 rings (SSSR count). The fourth-order valence-corrected chi connectivity index (χ4v) is 5.45. The van der Waals surface area contributed by atoms with Crippen LogP contribution in [0.4, 0.5) is 0 Å². The van der Waals surface area contributed by atoms with E-state index in [-0.39, 0.29) is 28.8 Å². The molecule has 0 N–H and O–H groups in total. The monoisotopic (exact) mass is 420 g/mol. The van der Waals surface area contributed by atoms with Crippen molar-refractivity contribution in [2.75, 3.05) is 0 Å². The maximum Gasteiger partial charge on any atom is 0.192 e. The summed E-state index contributed by atoms with van der Waals surface area (Å²) in [5.41, 5.74) is 0. The Morgan fingerprint density at radius 2 is 1.57 bits per heavy atom. The predicted molar refractivity (Wildman–Crippen MR) is 126 cm³/mol. The SMILES string of the molecule is CC(C)C(=O)/C(=C/[C@H](C)[C@H](O[Si](C)(C)C(C)(C)C)C(C)C)Sc1ccccc1. The van der Waals surface area contributed by atoms with Gasteiger partial charge in [-0.05, 0) is 36.2 Å². The second kappa shape index (κ2) is 10.3. The van der Waals surface area contributed by atoms with Crippen molar-refractivity contribution in [1.82, 2.24) is 0 Å². The fourth-order valence-electron chi connectivity index (χ4n) is 2.77. The molecule has 0 aliphatic carbocycles. The number of benzene rings is 1. The normalized spacial score (nSPS) is 15.8. The van der Waals surface area contributed by atoms with Gasteiger partial charge < -0.3 is 4.43 Å². The number of allylic oxidation sites excluding steroid dienone is 1. The first-order chi connectivity index (χ1) is 12.8. The minimum Gasteiger partial charge on any atom is -0.413 e. The Morgan fingerprint density at radius 1 is 1.04 bits per heavy atom. The quantitative estimate of drug-likeness (QED) is 0.234. The second-order valence-corrected chi connectivity index (χ2v) is 15.8. The molecule has 158 valence electrons. The average molecular weight is 421 g/mol. The molecule has 2 atom stereocenters. The lowest BCUT2D eigenvalue weighted by molar-refractivity contribution is -0.117. The van der Waals surface area contributed by atoms with Gasteiger partial charge in [0.05, 0.1) is 11.0 Å². The van der Waals surface area contributed by atoms with Gasteiger partial charge in [-0.15, -0.1) is 0 Å². The minimum atomic E-state index is -1.89. The van der Waals surface area contributed by atoms with Crippen LogP contribution in [0.2, 0.25) is 18.1 Å². The molecule has 2 nitrogen and oxygen atoms in total. The van der Waals surface area contributed by atoms with Crippen LogP contribution in [0.1, 0.15) is 55.4 Å². The molecule has 0 saturated heterocycles. The van der Waals surface area contributed by atoms with E-state index in [2.05, 4.69) is 72.8 Å². The van der Waals surface area contributed by atoms with E-state index in [0.29, 0.717) is 5.92 Å². The molecule has 1 aromatic rings. The molecule has 0 fully saturated rings. The third kappa shape index (κ3) is 7.20. The van der Waals surface area contributed by atoms with Crippen molar-refractivity contribution in [3.63, 3.8) is 0 Å². The Morgan fingerprint density at radius 3 is 2.00 bits per heavy atom. The molecule has 0 radical (unpaired) electrons. The van der Waals surface area contributed by atoms with Crippen molar-refractivity contribution >= 4 is 25.9 Å². The summed E-state index contributed by atoms with van der Waals surface area (Å²) in [6.07, 6.45) is 2.25. The van der Waals surface area contributed by atoms with E-state index in [0.717, 1.165) is 9.80 Å². The summed E-state index contributed by atoms with van der Waals surface area (Å²) < 4.78 is 6.79. The zero-order valence-electron chi connectivity index (χ0n) is 19.5. The minimum absolute atomic E-state index is 0.0199. The van der Waals surface area contributed by atoms with Gasteiger partial charge in [-0.2, -0.15) is 0 Å². The number of rotatable bonds is 9. The van der Waals surface area contributed by atoms with E-state index in [1.807, 2.05) is 32.0 Å². The lowest BCUT2D eigenvalue weighted by Gasteiger charge is -2.42. The number of thioether (sulfide) groups is 1. The smallest absolute Gasteiger partial charge is 0.192 e. The van der Waals surface area contributed by atoms with Gasteiger partial charge in [0, 0.05) is 16.7 Å². The van der Waals surface area contributed by atoms with Crippen molar-refractivity contribution in [1.29, 1.82) is 0 Å². The van der Waals surface area contributed by atoms with Crippen LogP contribution >= 0.6 is 11.8 Å². The molecule has 0 aliphatic rings. The Bertz CT molecular complexity index is 657. The maximum atomic E-state index is 12.9. The van der Waals surface area contributed by atoms with E-state index in [1.54, 1.807) is 11.8 Å². The van der Waals surface area contributed by atoms with Gasteiger partial charge in [0.1, 0.15) is 0 Å². The van der Waals surface area contributed by atoms with Crippen LogP contribution in [0, 0.1) is 17.8 Å². The third-order valence-corrected chi connectivity index (χ3v) is 11.1. The summed E-state index contributed by atoms with van der Waals surface area (Å²) in [4.78, 5) is 14.8. The van der Waals surface area contributed by atoms with Crippen molar-refractivity contribution < 1.29 is 9.22 Å². The van der Waals surface area contributed by atoms with Gasteiger partial charge >= 0.3 is 0 Å². The molecule has 0 heterocycles. The van der Waals surface area contributed by atoms with Gasteiger partial charge in [-0.25, -0.2) is 0 Å². The van der Waals surface area contributed by atoms with E-state index in [4.69, 9.17) is 4.43 Å². The highest BCUT2D eigenvalue weighted by molar-refractivity contribution is 8.04. The van der Waals surface area contributed by atoms with Crippen LogP contribution < -0.4 is 0 Å². The molecule has 0 aliphatic heterocycles. The van der Waals surface area contributed by atoms with Crippen LogP contribution in [-0.2, 0) is 9.22 Å². The highest BCUT2D eigenvalue weighted by Gasteiger charge is 2.40. The second-order valence-electron chi connectivity index (χ2n) is 9.91. The van der Waals surface area contributed by atoms with E-state index in [1.165, 1.54) is 0 Å². The van der Waals surface area contributed by atoms with E-state index in [9.17, 15) is 4.79 Å². The highest BCUT2D eigenvalue weighted by Crippen LogP contribution is 2.40. The molecule has 1 aromatic carbocycles. The van der Waals surface area contributed by atoms with E-state index < -0.39 is 8.32 Å². The molecule has 0 amide bonds. The number of hydrogen-bond acceptors (Lipinski definition) is 3. The largest absolute Gasteiger partial charge is 0.413 e. The Balaban J connectivity index is 3.19. The summed E-state index contributed by atoms with van der Waals surface area (Å²) in [6, 6.07) is 10.1. The summed E-state index contributed by atoms with van der Waals surface area (Å²) in [7, 11) is -1.89. The molecule has 0 spiro atoms. The molecular formula is C24H40O2SSi. The molecule has 0 saturated carbocycles. The number of carbonyl (C=O) groups is 1. The van der Waals surface area contributed by atoms with Crippen molar-refractivity contribution in [2.45, 2.75) is 84.5 Å². The fraction of sp³-hybridized carbons (Fsp3) is 0.625. The number of hydrogen-bond donors (Lipinski definition) is 0. The predicted octanol–water partition coefficient (Wildman–Crippen LogP) is 7.57. The molecule has 0 unspecified atom stereocenters. The van der Waals surface area contributed by atoms with Gasteiger partial charge in [0.15, 0.2) is 14.1 Å². The summed E-state index contributed by atoms with van der Waals surface area (Å²) in [5.74, 6) is 0.740. The van der Waals surface area contributed by atoms with Crippen LogP contribution in [0.25, 0.3) is 0 Å². The molecule has 0 aromatic heterocycles. The average Bonchev–Trinajstić information content (AvgIpc) is 2.57. The van der Waals surface area contributed by atoms with Gasteiger partial charge in [-0.1, -0.05) is 91.4 Å². The molecule has 28 heavy (non-hydrogen) atoms. The maximum absolute atomic E-state index is 12.9. The zero-order valence-corrected chi connectivity index (χ0v) is 21.3. The van der Waals surface area contributed by atoms with Crippen LogP contribution in [0.5, 0.6) is 0 Å². The summed E-state index contributed by atoms with van der Waals surface area (Å²) in [6.45, 7) is 22.0. The van der Waals surface area contributed by atoms with Crippen LogP contribution in [-0.4, -0.2) is 20.2 Å². The van der Waals surface area contributed by atoms with Crippen LogP contribution in [0.15, 0.2) is 46.2 Å². The molecular weight excluding hydrogens is 380 g/mol. The molecule has 4 heteroatoms. The van der Waals surface area contributed by atoms with Crippen molar-refractivity contribution in [3.8, 4) is 0 Å². The van der Waals surface area contributed by atoms with E-state index >= 15 is 0 Å². The Hall–Kier alpha value is -0.843. The summed E-state index contributed by atoms with van der Waals surface area (Å²) in [5, 5.41) is 0.166. The number of carbonyl (C=O) groups excluding carboxylic acids is 1. The third-order valence-electron chi connectivity index (χ3n) is 5.56. The number of ketones is 1. The first-order valence-corrected chi connectivity index (χ1v) is 14.2. The van der Waals surface area contributed by atoms with Crippen molar-refractivity contribution in [2.24, 2.45) is 17.8 Å². The van der Waals surface area contributed by atoms with Gasteiger partial charge in [0.2, 0.25) is 0 Å². The zero-order chi connectivity index (χ0) is 21.7. The van der Waals surface area contributed by atoms with Crippen LogP contribution in [0.3, 0.4) is 0 Å². The lowest BCUT2D eigenvalue weighted by atomic mass is 9.93. The Labute approximate surface area is 178 Å². The Kier molecular flexibility index (Phi) is 9.24. The summed E-state index contributed by atoms with van der Waals surface area (Å²) >= 11 is 1.57.